The quantitative estimate of drug-likeness (QED) is 0.774. The summed E-state index contributed by atoms with van der Waals surface area (Å²) in [5, 5.41) is 2.06. The molecule has 5 heteroatoms. The Morgan fingerprint density at radius 1 is 1.00 bits per heavy atom. The molecule has 0 amide bonds. The van der Waals surface area contributed by atoms with Crippen molar-refractivity contribution in [2.24, 2.45) is 0 Å². The van der Waals surface area contributed by atoms with Gasteiger partial charge in [-0.2, -0.15) is 5.06 Å². The number of nitrogens with zero attached hydrogens (tertiary/aromatic N) is 1. The molecular weight excluding hydrogens is 253 g/mol. The van der Waals surface area contributed by atoms with E-state index in [2.05, 4.69) is 32.8 Å². The molecule has 108 valence electrons. The summed E-state index contributed by atoms with van der Waals surface area (Å²) in [6.07, 6.45) is 3.43. The van der Waals surface area contributed by atoms with Crippen molar-refractivity contribution in [1.29, 1.82) is 0 Å². The molecule has 1 aromatic rings. The molecule has 0 saturated carbocycles. The largest absolute Gasteiger partial charge is 0.806 e. The number of hydrogen-bond acceptors (Lipinski definition) is 4. The van der Waals surface area contributed by atoms with Crippen LogP contribution in [0.25, 0.3) is 0 Å². The first-order valence-electron chi connectivity index (χ1n) is 7.28. The SMILES string of the molecule is CC1(C)CCCC(C)(C)N1OB1Oc2ccccc2O1. The van der Waals surface area contributed by atoms with E-state index in [9.17, 15) is 0 Å². The molecule has 0 bridgehead atoms. The van der Waals surface area contributed by atoms with Crippen molar-refractivity contribution in [3.63, 3.8) is 0 Å². The number of hydrogen-bond donors (Lipinski definition) is 0. The van der Waals surface area contributed by atoms with Crippen LogP contribution >= 0.6 is 0 Å². The second kappa shape index (κ2) is 4.67. The third kappa shape index (κ3) is 2.40. The zero-order valence-electron chi connectivity index (χ0n) is 12.7. The third-order valence-corrected chi connectivity index (χ3v) is 4.16. The Morgan fingerprint density at radius 3 is 2.00 bits per heavy atom. The molecule has 1 saturated heterocycles. The fraction of sp³-hybridized carbons (Fsp3) is 0.600. The van der Waals surface area contributed by atoms with Crippen molar-refractivity contribution in [3.8, 4) is 11.5 Å². The monoisotopic (exact) mass is 275 g/mol. The van der Waals surface area contributed by atoms with E-state index >= 15 is 0 Å². The number of para-hydroxylation sites is 2. The summed E-state index contributed by atoms with van der Waals surface area (Å²) in [6, 6.07) is 7.65. The molecule has 2 heterocycles. The van der Waals surface area contributed by atoms with Crippen LogP contribution in [0.15, 0.2) is 24.3 Å². The smallest absolute Gasteiger partial charge is 0.497 e. The minimum atomic E-state index is -0.691. The molecule has 0 aromatic heterocycles. The highest BCUT2D eigenvalue weighted by Gasteiger charge is 2.48. The third-order valence-electron chi connectivity index (χ3n) is 4.16. The predicted molar refractivity (Wildman–Crippen MR) is 78.4 cm³/mol. The maximum absolute atomic E-state index is 6.05. The average molecular weight is 275 g/mol. The zero-order chi connectivity index (χ0) is 14.4. The lowest BCUT2D eigenvalue weighted by atomic mass is 9.82. The standard InChI is InChI=1S/C15H22BNO3/c1-14(2)10-7-11-15(3,4)17(14)20-16-18-12-8-5-6-9-13(12)19-16/h5-6,8-9H,7,10-11H2,1-4H3. The first-order valence-corrected chi connectivity index (χ1v) is 7.28. The van der Waals surface area contributed by atoms with Gasteiger partial charge in [0.25, 0.3) is 0 Å². The topological polar surface area (TPSA) is 30.9 Å². The maximum Gasteiger partial charge on any atom is 0.806 e. The van der Waals surface area contributed by atoms with E-state index in [0.29, 0.717) is 0 Å². The minimum absolute atomic E-state index is 0.0246. The predicted octanol–water partition coefficient (Wildman–Crippen LogP) is 3.42. The van der Waals surface area contributed by atoms with Gasteiger partial charge in [0, 0.05) is 11.1 Å². The Labute approximate surface area is 121 Å². The molecular formula is C15H22BNO3. The van der Waals surface area contributed by atoms with E-state index in [1.807, 2.05) is 24.3 Å². The Kier molecular flexibility index (Phi) is 3.22. The van der Waals surface area contributed by atoms with Crippen LogP contribution in [0.3, 0.4) is 0 Å². The first-order chi connectivity index (χ1) is 9.38. The second-order valence-corrected chi connectivity index (χ2v) is 6.85. The summed E-state index contributed by atoms with van der Waals surface area (Å²) >= 11 is 0. The van der Waals surface area contributed by atoms with Crippen molar-refractivity contribution in [2.75, 3.05) is 0 Å². The minimum Gasteiger partial charge on any atom is -0.497 e. The lowest BCUT2D eigenvalue weighted by Crippen LogP contribution is -2.60. The molecule has 0 atom stereocenters. The van der Waals surface area contributed by atoms with E-state index in [0.717, 1.165) is 24.3 Å². The normalized spacial score (nSPS) is 23.9. The second-order valence-electron chi connectivity index (χ2n) is 6.85. The van der Waals surface area contributed by atoms with Crippen LogP contribution < -0.4 is 9.31 Å². The fourth-order valence-electron chi connectivity index (χ4n) is 3.27. The van der Waals surface area contributed by atoms with Gasteiger partial charge in [0.1, 0.15) is 11.5 Å². The highest BCUT2D eigenvalue weighted by atomic mass is 16.8. The molecule has 3 rings (SSSR count). The van der Waals surface area contributed by atoms with E-state index in [1.54, 1.807) is 0 Å². The van der Waals surface area contributed by atoms with Gasteiger partial charge in [-0.1, -0.05) is 12.1 Å². The van der Waals surface area contributed by atoms with Gasteiger partial charge in [0.15, 0.2) is 0 Å². The lowest BCUT2D eigenvalue weighted by molar-refractivity contribution is -0.232. The van der Waals surface area contributed by atoms with Crippen molar-refractivity contribution >= 4 is 7.32 Å². The highest BCUT2D eigenvalue weighted by Crippen LogP contribution is 2.40. The molecule has 2 aliphatic rings. The zero-order valence-corrected chi connectivity index (χ0v) is 12.7. The summed E-state index contributed by atoms with van der Waals surface area (Å²) in [5.41, 5.74) is -0.0491. The van der Waals surface area contributed by atoms with E-state index in [-0.39, 0.29) is 11.1 Å². The van der Waals surface area contributed by atoms with E-state index in [1.165, 1.54) is 6.42 Å². The fourth-order valence-corrected chi connectivity index (χ4v) is 3.27. The molecule has 0 unspecified atom stereocenters. The molecule has 1 aromatic carbocycles. The van der Waals surface area contributed by atoms with Crippen molar-refractivity contribution < 1.29 is 14.1 Å². The molecule has 2 aliphatic heterocycles. The van der Waals surface area contributed by atoms with Crippen molar-refractivity contribution in [3.05, 3.63) is 24.3 Å². The Morgan fingerprint density at radius 2 is 1.50 bits per heavy atom. The summed E-state index contributed by atoms with van der Waals surface area (Å²) in [7, 11) is -0.691. The van der Waals surface area contributed by atoms with Crippen LogP contribution in [0, 0.1) is 0 Å². The molecule has 0 spiro atoms. The Hall–Kier alpha value is -1.20. The molecule has 1 fully saturated rings. The Bertz CT molecular complexity index is 463. The number of benzene rings is 1. The van der Waals surface area contributed by atoms with Gasteiger partial charge in [0.05, 0.1) is 0 Å². The molecule has 0 N–H and O–H groups in total. The molecule has 4 nitrogen and oxygen atoms in total. The van der Waals surface area contributed by atoms with Crippen molar-refractivity contribution in [1.82, 2.24) is 5.06 Å². The highest BCUT2D eigenvalue weighted by molar-refractivity contribution is 6.39. The van der Waals surface area contributed by atoms with Crippen LogP contribution in [0.1, 0.15) is 47.0 Å². The Balaban J connectivity index is 1.74. The molecule has 20 heavy (non-hydrogen) atoms. The van der Waals surface area contributed by atoms with Gasteiger partial charge in [-0.05, 0) is 59.1 Å². The van der Waals surface area contributed by atoms with E-state index in [4.69, 9.17) is 14.1 Å². The van der Waals surface area contributed by atoms with Gasteiger partial charge in [-0.3, -0.25) is 4.76 Å². The summed E-state index contributed by atoms with van der Waals surface area (Å²) in [5.74, 6) is 1.48. The number of hydroxylamine groups is 2. The van der Waals surface area contributed by atoms with E-state index < -0.39 is 7.32 Å². The molecule has 0 aliphatic carbocycles. The number of fused-ring (bicyclic) bond motifs is 1. The summed E-state index contributed by atoms with van der Waals surface area (Å²) in [6.45, 7) is 8.82. The average Bonchev–Trinajstić information content (AvgIpc) is 2.76. The van der Waals surface area contributed by atoms with Crippen LogP contribution in [0.4, 0.5) is 0 Å². The van der Waals surface area contributed by atoms with Gasteiger partial charge in [-0.15, -0.1) is 0 Å². The van der Waals surface area contributed by atoms with Crippen LogP contribution in [-0.4, -0.2) is 23.5 Å². The number of piperidine rings is 1. The number of rotatable bonds is 2. The van der Waals surface area contributed by atoms with Gasteiger partial charge in [0.2, 0.25) is 0 Å². The summed E-state index contributed by atoms with van der Waals surface area (Å²) < 4.78 is 17.5. The maximum atomic E-state index is 6.05. The van der Waals surface area contributed by atoms with Crippen molar-refractivity contribution in [2.45, 2.75) is 58.0 Å². The molecule has 0 radical (unpaired) electrons. The van der Waals surface area contributed by atoms with Gasteiger partial charge < -0.3 is 9.31 Å². The van der Waals surface area contributed by atoms with Crippen LogP contribution in [0.5, 0.6) is 11.5 Å². The van der Waals surface area contributed by atoms with Gasteiger partial charge in [-0.25, -0.2) is 0 Å². The van der Waals surface area contributed by atoms with Gasteiger partial charge >= 0.3 is 7.32 Å². The lowest BCUT2D eigenvalue weighted by Gasteiger charge is -2.51. The summed E-state index contributed by atoms with van der Waals surface area (Å²) in [4.78, 5) is 0. The van der Waals surface area contributed by atoms with Crippen LogP contribution in [0.2, 0.25) is 0 Å². The first kappa shape index (κ1) is 13.8. The van der Waals surface area contributed by atoms with Crippen LogP contribution in [-0.2, 0) is 4.76 Å².